The molecule has 1 heterocycles. The van der Waals surface area contributed by atoms with E-state index in [1.165, 1.54) is 5.56 Å². The third kappa shape index (κ3) is 3.31. The number of hydrogen-bond donors (Lipinski definition) is 0. The lowest BCUT2D eigenvalue weighted by Gasteiger charge is -2.03. The van der Waals surface area contributed by atoms with Crippen LogP contribution in [0.4, 0.5) is 5.69 Å². The summed E-state index contributed by atoms with van der Waals surface area (Å²) in [6, 6.07) is 15.9. The lowest BCUT2D eigenvalue weighted by molar-refractivity contribution is 1.37. The highest BCUT2D eigenvalue weighted by Gasteiger charge is 2.03. The van der Waals surface area contributed by atoms with Crippen LogP contribution in [0.2, 0.25) is 5.15 Å². The van der Waals surface area contributed by atoms with E-state index in [1.54, 1.807) is 6.21 Å². The highest BCUT2D eigenvalue weighted by atomic mass is 79.9. The van der Waals surface area contributed by atoms with Crippen molar-refractivity contribution in [3.63, 3.8) is 0 Å². The highest BCUT2D eigenvalue weighted by Crippen LogP contribution is 2.22. The molecule has 2 nitrogen and oxygen atoms in total. The zero-order valence-electron chi connectivity index (χ0n) is 11.3. The lowest BCUT2D eigenvalue weighted by Crippen LogP contribution is -1.89. The summed E-state index contributed by atoms with van der Waals surface area (Å²) in [5.74, 6) is 0. The maximum atomic E-state index is 6.24. The Hall–Kier alpha value is -1.71. The monoisotopic (exact) mass is 358 g/mol. The summed E-state index contributed by atoms with van der Waals surface area (Å²) in [5.41, 5.74) is 3.76. The van der Waals surface area contributed by atoms with Gasteiger partial charge in [-0.15, -0.1) is 0 Å². The predicted octanol–water partition coefficient (Wildman–Crippen LogP) is 5.71. The molecule has 0 aliphatic heterocycles. The first kappa shape index (κ1) is 14.2. The standard InChI is InChI=1S/C17H12BrClN2/c1-11-2-3-12-9-13(17(19)21-16(12)8-11)10-20-15-6-4-14(18)5-7-15/h2-10H,1H3. The Bertz CT molecular complexity index is 826. The summed E-state index contributed by atoms with van der Waals surface area (Å²) < 4.78 is 1.03. The molecule has 3 rings (SSSR count). The van der Waals surface area contributed by atoms with Gasteiger partial charge >= 0.3 is 0 Å². The fourth-order valence-electron chi connectivity index (χ4n) is 2.03. The van der Waals surface area contributed by atoms with Crippen LogP contribution in [0.15, 0.2) is 58.0 Å². The molecule has 1 aromatic heterocycles. The van der Waals surface area contributed by atoms with E-state index in [0.29, 0.717) is 5.15 Å². The van der Waals surface area contributed by atoms with Crippen LogP contribution in [0, 0.1) is 6.92 Å². The number of aromatic nitrogens is 1. The summed E-state index contributed by atoms with van der Waals surface area (Å²) >= 11 is 9.64. The molecule has 0 bridgehead atoms. The summed E-state index contributed by atoms with van der Waals surface area (Å²) in [5, 5.41) is 1.52. The van der Waals surface area contributed by atoms with E-state index in [1.807, 2.05) is 49.4 Å². The maximum absolute atomic E-state index is 6.24. The van der Waals surface area contributed by atoms with Crippen LogP contribution < -0.4 is 0 Å². The largest absolute Gasteiger partial charge is 0.256 e. The molecule has 104 valence electrons. The molecular formula is C17H12BrClN2. The normalized spacial score (nSPS) is 11.4. The van der Waals surface area contributed by atoms with Crippen molar-refractivity contribution in [2.75, 3.05) is 0 Å². The van der Waals surface area contributed by atoms with E-state index in [-0.39, 0.29) is 0 Å². The molecule has 0 radical (unpaired) electrons. The molecule has 4 heteroatoms. The number of nitrogens with zero attached hydrogens (tertiary/aromatic N) is 2. The predicted molar refractivity (Wildman–Crippen MR) is 92.9 cm³/mol. The van der Waals surface area contributed by atoms with E-state index in [0.717, 1.165) is 26.6 Å². The van der Waals surface area contributed by atoms with Crippen molar-refractivity contribution < 1.29 is 0 Å². The van der Waals surface area contributed by atoms with Gasteiger partial charge in [0, 0.05) is 21.6 Å². The zero-order valence-corrected chi connectivity index (χ0v) is 13.7. The number of hydrogen-bond acceptors (Lipinski definition) is 2. The summed E-state index contributed by atoms with van der Waals surface area (Å²) in [6.45, 7) is 2.04. The Kier molecular flexibility index (Phi) is 4.04. The second-order valence-electron chi connectivity index (χ2n) is 4.80. The van der Waals surface area contributed by atoms with E-state index in [4.69, 9.17) is 11.6 Å². The molecular weight excluding hydrogens is 348 g/mol. The van der Waals surface area contributed by atoms with E-state index in [9.17, 15) is 0 Å². The average molecular weight is 360 g/mol. The molecule has 0 N–H and O–H groups in total. The molecule has 0 saturated heterocycles. The SMILES string of the molecule is Cc1ccc2cc(C=Nc3ccc(Br)cc3)c(Cl)nc2c1. The Labute approximate surface area is 136 Å². The van der Waals surface area contributed by atoms with E-state index in [2.05, 4.69) is 32.0 Å². The van der Waals surface area contributed by atoms with Crippen molar-refractivity contribution >= 4 is 50.3 Å². The third-order valence-electron chi connectivity index (χ3n) is 3.13. The molecule has 3 aromatic rings. The van der Waals surface area contributed by atoms with E-state index < -0.39 is 0 Å². The highest BCUT2D eigenvalue weighted by molar-refractivity contribution is 9.10. The fourth-order valence-corrected chi connectivity index (χ4v) is 2.49. The van der Waals surface area contributed by atoms with Crippen LogP contribution in [0.3, 0.4) is 0 Å². The quantitative estimate of drug-likeness (QED) is 0.425. The van der Waals surface area contributed by atoms with Crippen LogP contribution in [0.1, 0.15) is 11.1 Å². The lowest BCUT2D eigenvalue weighted by atomic mass is 10.1. The van der Waals surface area contributed by atoms with E-state index >= 15 is 0 Å². The van der Waals surface area contributed by atoms with Gasteiger partial charge in [0.2, 0.25) is 0 Å². The number of fused-ring (bicyclic) bond motifs is 1. The number of aliphatic imine (C=N–C) groups is 1. The molecule has 2 aromatic carbocycles. The molecule has 0 unspecified atom stereocenters. The second kappa shape index (κ2) is 5.96. The van der Waals surface area contributed by atoms with Crippen molar-refractivity contribution in [3.8, 4) is 0 Å². The maximum Gasteiger partial charge on any atom is 0.138 e. The van der Waals surface area contributed by atoms with Crippen LogP contribution in [-0.2, 0) is 0 Å². The van der Waals surface area contributed by atoms with Gasteiger partial charge in [-0.25, -0.2) is 4.98 Å². The van der Waals surface area contributed by atoms with Crippen molar-refractivity contribution in [2.24, 2.45) is 4.99 Å². The minimum Gasteiger partial charge on any atom is -0.256 e. The van der Waals surface area contributed by atoms with Crippen molar-refractivity contribution in [1.29, 1.82) is 0 Å². The topological polar surface area (TPSA) is 25.2 Å². The average Bonchev–Trinajstić information content (AvgIpc) is 2.47. The molecule has 0 fully saturated rings. The third-order valence-corrected chi connectivity index (χ3v) is 3.96. The van der Waals surface area contributed by atoms with Gasteiger partial charge < -0.3 is 0 Å². The van der Waals surface area contributed by atoms with Gasteiger partial charge in [0.15, 0.2) is 0 Å². The van der Waals surface area contributed by atoms with Gasteiger partial charge in [0.05, 0.1) is 11.2 Å². The number of aryl methyl sites for hydroxylation is 1. The number of halogens is 2. The number of rotatable bonds is 2. The smallest absolute Gasteiger partial charge is 0.138 e. The minimum atomic E-state index is 0.467. The van der Waals surface area contributed by atoms with Crippen LogP contribution in [0.25, 0.3) is 10.9 Å². The Morgan fingerprint density at radius 2 is 1.86 bits per heavy atom. The number of benzene rings is 2. The molecule has 0 amide bonds. The Morgan fingerprint density at radius 3 is 2.62 bits per heavy atom. The Morgan fingerprint density at radius 1 is 1.10 bits per heavy atom. The summed E-state index contributed by atoms with van der Waals surface area (Å²) in [7, 11) is 0. The summed E-state index contributed by atoms with van der Waals surface area (Å²) in [6.07, 6.45) is 1.75. The zero-order chi connectivity index (χ0) is 14.8. The first-order valence-corrected chi connectivity index (χ1v) is 7.65. The van der Waals surface area contributed by atoms with Crippen molar-refractivity contribution in [2.45, 2.75) is 6.92 Å². The van der Waals surface area contributed by atoms with Gasteiger partial charge in [-0.3, -0.25) is 4.99 Å². The Balaban J connectivity index is 1.98. The molecule has 0 spiro atoms. The van der Waals surface area contributed by atoms with Crippen LogP contribution >= 0.6 is 27.5 Å². The van der Waals surface area contributed by atoms with Gasteiger partial charge in [-0.1, -0.05) is 39.7 Å². The first-order valence-electron chi connectivity index (χ1n) is 6.48. The van der Waals surface area contributed by atoms with Gasteiger partial charge in [-0.05, 0) is 48.9 Å². The van der Waals surface area contributed by atoms with Gasteiger partial charge in [0.1, 0.15) is 5.15 Å². The first-order chi connectivity index (χ1) is 10.1. The molecule has 0 aliphatic rings. The second-order valence-corrected chi connectivity index (χ2v) is 6.07. The molecule has 0 aliphatic carbocycles. The van der Waals surface area contributed by atoms with Gasteiger partial charge in [-0.2, -0.15) is 0 Å². The minimum absolute atomic E-state index is 0.467. The fraction of sp³-hybridized carbons (Fsp3) is 0.0588. The summed E-state index contributed by atoms with van der Waals surface area (Å²) in [4.78, 5) is 8.86. The molecule has 0 saturated carbocycles. The van der Waals surface area contributed by atoms with Crippen LogP contribution in [-0.4, -0.2) is 11.2 Å². The molecule has 0 atom stereocenters. The number of pyridine rings is 1. The van der Waals surface area contributed by atoms with Crippen LogP contribution in [0.5, 0.6) is 0 Å². The van der Waals surface area contributed by atoms with Crippen molar-refractivity contribution in [3.05, 3.63) is 69.3 Å². The molecule has 21 heavy (non-hydrogen) atoms. The van der Waals surface area contributed by atoms with Crippen molar-refractivity contribution in [1.82, 2.24) is 4.98 Å². The van der Waals surface area contributed by atoms with Gasteiger partial charge in [0.25, 0.3) is 0 Å².